The first-order valence-electron chi connectivity index (χ1n) is 4.67. The van der Waals surface area contributed by atoms with Gasteiger partial charge in [0.15, 0.2) is 6.61 Å². The van der Waals surface area contributed by atoms with Gasteiger partial charge >= 0.3 is 12.3 Å². The Bertz CT molecular complexity index is 454. The summed E-state index contributed by atoms with van der Waals surface area (Å²) in [4.78, 5) is 0. The standard InChI is InChI=1S/C10H9BrF4N2O/c11-5-1-2-7(6(3-5)8(16)17)18-4-10(14,15)9(12)13/h1-3,9H,4H2,(H3,16,17). The summed E-state index contributed by atoms with van der Waals surface area (Å²) in [6.45, 7) is -1.48. The average molecular weight is 329 g/mol. The first-order chi connectivity index (χ1) is 8.24. The molecule has 0 heterocycles. The van der Waals surface area contributed by atoms with Crippen LogP contribution >= 0.6 is 15.9 Å². The molecular formula is C10H9BrF4N2O. The number of hydrogen-bond acceptors (Lipinski definition) is 2. The van der Waals surface area contributed by atoms with E-state index < -0.39 is 24.8 Å². The molecule has 1 rings (SSSR count). The Morgan fingerprint density at radius 1 is 1.44 bits per heavy atom. The predicted octanol–water partition coefficient (Wildman–Crippen LogP) is 3.01. The van der Waals surface area contributed by atoms with E-state index >= 15 is 0 Å². The average Bonchev–Trinajstić information content (AvgIpc) is 2.27. The molecule has 0 aromatic heterocycles. The van der Waals surface area contributed by atoms with Gasteiger partial charge in [-0.2, -0.15) is 8.78 Å². The van der Waals surface area contributed by atoms with Gasteiger partial charge in [-0.1, -0.05) is 15.9 Å². The van der Waals surface area contributed by atoms with Gasteiger partial charge in [0.05, 0.1) is 5.56 Å². The van der Waals surface area contributed by atoms with Crippen molar-refractivity contribution in [3.63, 3.8) is 0 Å². The normalized spacial score (nSPS) is 11.7. The molecule has 0 saturated heterocycles. The zero-order chi connectivity index (χ0) is 13.9. The molecular weight excluding hydrogens is 320 g/mol. The maximum absolute atomic E-state index is 12.7. The lowest BCUT2D eigenvalue weighted by Crippen LogP contribution is -2.34. The molecule has 0 amide bonds. The van der Waals surface area contributed by atoms with E-state index in [0.717, 1.165) is 0 Å². The Kier molecular flexibility index (Phi) is 4.55. The molecule has 100 valence electrons. The first-order valence-corrected chi connectivity index (χ1v) is 5.46. The summed E-state index contributed by atoms with van der Waals surface area (Å²) in [7, 11) is 0. The number of alkyl halides is 4. The van der Waals surface area contributed by atoms with E-state index in [2.05, 4.69) is 20.7 Å². The van der Waals surface area contributed by atoms with Gasteiger partial charge in [-0.15, -0.1) is 0 Å². The highest BCUT2D eigenvalue weighted by molar-refractivity contribution is 9.10. The van der Waals surface area contributed by atoms with Crippen LogP contribution in [0.5, 0.6) is 5.75 Å². The van der Waals surface area contributed by atoms with Gasteiger partial charge in [-0.3, -0.25) is 5.41 Å². The third kappa shape index (κ3) is 3.59. The fourth-order valence-electron chi connectivity index (χ4n) is 1.08. The van der Waals surface area contributed by atoms with Crippen LogP contribution in [0.15, 0.2) is 22.7 Å². The Morgan fingerprint density at radius 2 is 2.06 bits per heavy atom. The molecule has 0 atom stereocenters. The lowest BCUT2D eigenvalue weighted by Gasteiger charge is -2.17. The molecule has 8 heteroatoms. The van der Waals surface area contributed by atoms with E-state index in [1.807, 2.05) is 0 Å². The molecule has 0 bridgehead atoms. The van der Waals surface area contributed by atoms with Crippen molar-refractivity contribution < 1.29 is 22.3 Å². The summed E-state index contributed by atoms with van der Waals surface area (Å²) in [5, 5.41) is 7.23. The minimum atomic E-state index is -4.25. The lowest BCUT2D eigenvalue weighted by molar-refractivity contribution is -0.148. The van der Waals surface area contributed by atoms with Crippen molar-refractivity contribution in [2.45, 2.75) is 12.3 Å². The number of nitrogens with two attached hydrogens (primary N) is 1. The molecule has 0 unspecified atom stereocenters. The first kappa shape index (κ1) is 14.7. The second-order valence-corrected chi connectivity index (χ2v) is 4.32. The minimum absolute atomic E-state index is 0.0504. The fourth-order valence-corrected chi connectivity index (χ4v) is 1.44. The van der Waals surface area contributed by atoms with Gasteiger partial charge in [-0.25, -0.2) is 8.78 Å². The number of nitrogens with one attached hydrogen (secondary N) is 1. The Labute approximate surface area is 109 Å². The van der Waals surface area contributed by atoms with Crippen molar-refractivity contribution in [1.82, 2.24) is 0 Å². The topological polar surface area (TPSA) is 59.1 Å². The van der Waals surface area contributed by atoms with Gasteiger partial charge in [0, 0.05) is 4.47 Å². The third-order valence-corrected chi connectivity index (χ3v) is 2.46. The van der Waals surface area contributed by atoms with Crippen LogP contribution in [0, 0.1) is 5.41 Å². The Balaban J connectivity index is 2.89. The quantitative estimate of drug-likeness (QED) is 0.496. The second kappa shape index (κ2) is 5.55. The van der Waals surface area contributed by atoms with Crippen molar-refractivity contribution in [3.8, 4) is 5.75 Å². The Hall–Kier alpha value is -1.31. The summed E-state index contributed by atoms with van der Waals surface area (Å²) in [5.41, 5.74) is 5.28. The van der Waals surface area contributed by atoms with Crippen LogP contribution in [-0.2, 0) is 0 Å². The zero-order valence-electron chi connectivity index (χ0n) is 8.89. The summed E-state index contributed by atoms with van der Waals surface area (Å²) in [5.74, 6) is -4.81. The van der Waals surface area contributed by atoms with Crippen molar-refractivity contribution in [2.24, 2.45) is 5.73 Å². The molecule has 0 aliphatic carbocycles. The van der Waals surface area contributed by atoms with Crippen molar-refractivity contribution >= 4 is 21.8 Å². The van der Waals surface area contributed by atoms with E-state index in [4.69, 9.17) is 11.1 Å². The number of nitrogen functional groups attached to an aromatic ring is 1. The molecule has 0 saturated carbocycles. The van der Waals surface area contributed by atoms with Crippen LogP contribution < -0.4 is 10.5 Å². The number of hydrogen-bond donors (Lipinski definition) is 2. The van der Waals surface area contributed by atoms with Gasteiger partial charge < -0.3 is 10.5 Å². The monoisotopic (exact) mass is 328 g/mol. The van der Waals surface area contributed by atoms with Gasteiger partial charge in [0.25, 0.3) is 0 Å². The molecule has 3 nitrogen and oxygen atoms in total. The van der Waals surface area contributed by atoms with Crippen LogP contribution in [-0.4, -0.2) is 24.8 Å². The largest absolute Gasteiger partial charge is 0.486 e. The van der Waals surface area contributed by atoms with E-state index in [1.54, 1.807) is 0 Å². The number of halogens is 5. The Morgan fingerprint density at radius 3 is 2.56 bits per heavy atom. The summed E-state index contributed by atoms with van der Waals surface area (Å²) in [6.07, 6.45) is -3.81. The van der Waals surface area contributed by atoms with E-state index in [-0.39, 0.29) is 11.3 Å². The molecule has 0 aliphatic heterocycles. The summed E-state index contributed by atoms with van der Waals surface area (Å²) < 4.78 is 54.4. The van der Waals surface area contributed by atoms with Crippen LogP contribution in [0.1, 0.15) is 5.56 Å². The predicted molar refractivity (Wildman–Crippen MR) is 61.6 cm³/mol. The number of rotatable bonds is 5. The van der Waals surface area contributed by atoms with Gasteiger partial charge in [-0.05, 0) is 18.2 Å². The number of ether oxygens (including phenoxy) is 1. The highest BCUT2D eigenvalue weighted by atomic mass is 79.9. The highest BCUT2D eigenvalue weighted by Crippen LogP contribution is 2.27. The van der Waals surface area contributed by atoms with Gasteiger partial charge in [0.2, 0.25) is 0 Å². The van der Waals surface area contributed by atoms with Crippen molar-refractivity contribution in [3.05, 3.63) is 28.2 Å². The van der Waals surface area contributed by atoms with Crippen LogP contribution in [0.4, 0.5) is 17.6 Å². The molecule has 0 aliphatic rings. The molecule has 18 heavy (non-hydrogen) atoms. The number of amidine groups is 1. The molecule has 0 spiro atoms. The lowest BCUT2D eigenvalue weighted by atomic mass is 10.2. The van der Waals surface area contributed by atoms with E-state index in [0.29, 0.717) is 4.47 Å². The number of benzene rings is 1. The molecule has 3 N–H and O–H groups in total. The van der Waals surface area contributed by atoms with Crippen LogP contribution in [0.25, 0.3) is 0 Å². The van der Waals surface area contributed by atoms with E-state index in [1.165, 1.54) is 18.2 Å². The van der Waals surface area contributed by atoms with Crippen LogP contribution in [0.3, 0.4) is 0 Å². The van der Waals surface area contributed by atoms with Crippen LogP contribution in [0.2, 0.25) is 0 Å². The molecule has 0 radical (unpaired) electrons. The van der Waals surface area contributed by atoms with Gasteiger partial charge in [0.1, 0.15) is 11.6 Å². The maximum atomic E-state index is 12.7. The molecule has 0 fully saturated rings. The highest BCUT2D eigenvalue weighted by Gasteiger charge is 2.41. The fraction of sp³-hybridized carbons (Fsp3) is 0.300. The zero-order valence-corrected chi connectivity index (χ0v) is 10.5. The molecule has 1 aromatic carbocycles. The smallest absolute Gasteiger partial charge is 0.340 e. The summed E-state index contributed by atoms with van der Waals surface area (Å²) >= 11 is 3.10. The van der Waals surface area contributed by atoms with Crippen molar-refractivity contribution in [2.75, 3.05) is 6.61 Å². The third-order valence-electron chi connectivity index (χ3n) is 1.97. The second-order valence-electron chi connectivity index (χ2n) is 3.40. The maximum Gasteiger partial charge on any atom is 0.340 e. The van der Waals surface area contributed by atoms with Crippen molar-refractivity contribution in [1.29, 1.82) is 5.41 Å². The minimum Gasteiger partial charge on any atom is -0.486 e. The SMILES string of the molecule is N=C(N)c1cc(Br)ccc1OCC(F)(F)C(F)F. The van der Waals surface area contributed by atoms with E-state index in [9.17, 15) is 17.6 Å². The molecule has 1 aromatic rings. The summed E-state index contributed by atoms with van der Waals surface area (Å²) in [6, 6.07) is 4.10.